The molecule has 1 amide bonds. The van der Waals surface area contributed by atoms with E-state index in [0.717, 1.165) is 13.0 Å². The Morgan fingerprint density at radius 2 is 2.28 bits per heavy atom. The highest BCUT2D eigenvalue weighted by atomic mass is 127. The molecule has 1 fully saturated rings. The molecule has 140 valence electrons. The molecule has 0 radical (unpaired) electrons. The predicted molar refractivity (Wildman–Crippen MR) is 110 cm³/mol. The monoisotopic (exact) mass is 498 g/mol. The van der Waals surface area contributed by atoms with Gasteiger partial charge in [-0.3, -0.25) is 9.79 Å². The summed E-state index contributed by atoms with van der Waals surface area (Å²) in [7, 11) is -1.33. The van der Waals surface area contributed by atoms with Crippen molar-refractivity contribution in [3.05, 3.63) is 21.9 Å². The highest BCUT2D eigenvalue weighted by molar-refractivity contribution is 14.0. The number of rotatable bonds is 3. The molecule has 0 aliphatic carbocycles. The molecule has 7 nitrogen and oxygen atoms in total. The van der Waals surface area contributed by atoms with Crippen molar-refractivity contribution in [2.45, 2.75) is 25.4 Å². The first kappa shape index (κ1) is 20.4. The third kappa shape index (κ3) is 5.30. The van der Waals surface area contributed by atoms with Crippen molar-refractivity contribution >= 4 is 57.0 Å². The van der Waals surface area contributed by atoms with E-state index in [-0.39, 0.29) is 54.0 Å². The summed E-state index contributed by atoms with van der Waals surface area (Å²) in [6.07, 6.45) is 1.48. The second-order valence-corrected chi connectivity index (χ2v) is 9.33. The number of carbonyl (C=O) groups excluding carboxylic acids is 1. The van der Waals surface area contributed by atoms with E-state index < -0.39 is 9.84 Å². The lowest BCUT2D eigenvalue weighted by Gasteiger charge is -2.27. The molecule has 1 aromatic rings. The van der Waals surface area contributed by atoms with Crippen molar-refractivity contribution in [3.63, 3.8) is 0 Å². The zero-order valence-electron chi connectivity index (χ0n) is 14.0. The maximum Gasteiger partial charge on any atom is 0.242 e. The average Bonchev–Trinajstić information content (AvgIpc) is 3.16. The minimum Gasteiger partial charge on any atom is -0.353 e. The predicted octanol–water partition coefficient (Wildman–Crippen LogP) is 0.603. The molecule has 1 saturated heterocycles. The van der Waals surface area contributed by atoms with Gasteiger partial charge in [-0.25, -0.2) is 8.42 Å². The van der Waals surface area contributed by atoms with E-state index in [0.29, 0.717) is 18.9 Å². The van der Waals surface area contributed by atoms with E-state index in [1.807, 2.05) is 4.90 Å². The summed E-state index contributed by atoms with van der Waals surface area (Å²) in [5.41, 5.74) is 1.23. The molecule has 2 aliphatic rings. The number of fused-ring (bicyclic) bond motifs is 1. The number of amides is 1. The maximum absolute atomic E-state index is 12.4. The van der Waals surface area contributed by atoms with Crippen molar-refractivity contribution < 1.29 is 13.2 Å². The third-order valence-corrected chi connectivity index (χ3v) is 7.16. The van der Waals surface area contributed by atoms with Gasteiger partial charge in [-0.1, -0.05) is 0 Å². The molecule has 0 aromatic carbocycles. The molecule has 1 atom stereocenters. The van der Waals surface area contributed by atoms with E-state index in [9.17, 15) is 13.2 Å². The Morgan fingerprint density at radius 3 is 2.96 bits per heavy atom. The Kier molecular flexibility index (Phi) is 7.09. The summed E-state index contributed by atoms with van der Waals surface area (Å²) >= 11 is 1.75. The van der Waals surface area contributed by atoms with Crippen LogP contribution in [0.2, 0.25) is 0 Å². The smallest absolute Gasteiger partial charge is 0.242 e. The fraction of sp³-hybridized carbons (Fsp3) is 0.600. The van der Waals surface area contributed by atoms with Crippen LogP contribution >= 0.6 is 35.3 Å². The van der Waals surface area contributed by atoms with Gasteiger partial charge in [-0.2, -0.15) is 0 Å². The SMILES string of the molecule is CN=C(NCC(=O)N1CCc2sccc2C1)NC1CCS(=O)(=O)C1.I. The van der Waals surface area contributed by atoms with Crippen LogP contribution < -0.4 is 10.6 Å². The molecule has 10 heteroatoms. The maximum atomic E-state index is 12.4. The molecule has 3 rings (SSSR count). The normalized spacial score (nSPS) is 22.0. The van der Waals surface area contributed by atoms with Gasteiger partial charge in [0.05, 0.1) is 18.1 Å². The summed E-state index contributed by atoms with van der Waals surface area (Å²) in [5.74, 6) is 0.819. The van der Waals surface area contributed by atoms with E-state index >= 15 is 0 Å². The van der Waals surface area contributed by atoms with Crippen molar-refractivity contribution in [1.29, 1.82) is 0 Å². The molecule has 2 N–H and O–H groups in total. The summed E-state index contributed by atoms with van der Waals surface area (Å²) in [5, 5.41) is 8.14. The van der Waals surface area contributed by atoms with Gasteiger partial charge in [0, 0.05) is 31.1 Å². The van der Waals surface area contributed by atoms with Gasteiger partial charge >= 0.3 is 0 Å². The fourth-order valence-electron chi connectivity index (χ4n) is 3.03. The van der Waals surface area contributed by atoms with E-state index in [1.54, 1.807) is 18.4 Å². The standard InChI is InChI=1S/C15H22N4O3S2.HI/c1-16-15(18-12-4-7-24(21,22)10-12)17-8-14(20)19-5-2-13-11(9-19)3-6-23-13;/h3,6,12H,2,4-5,7-10H2,1H3,(H2,16,17,18);1H. The zero-order valence-corrected chi connectivity index (χ0v) is 18.0. The number of aliphatic imine (C=N–C) groups is 1. The van der Waals surface area contributed by atoms with Gasteiger partial charge < -0.3 is 15.5 Å². The van der Waals surface area contributed by atoms with Crippen LogP contribution in [-0.4, -0.2) is 62.9 Å². The number of guanidine groups is 1. The van der Waals surface area contributed by atoms with Gasteiger partial charge in [0.2, 0.25) is 5.91 Å². The molecule has 0 bridgehead atoms. The van der Waals surface area contributed by atoms with Crippen LogP contribution in [0.25, 0.3) is 0 Å². The number of nitrogens with one attached hydrogen (secondary N) is 2. The van der Waals surface area contributed by atoms with Crippen LogP contribution in [-0.2, 0) is 27.6 Å². The van der Waals surface area contributed by atoms with Gasteiger partial charge in [-0.15, -0.1) is 35.3 Å². The fourth-order valence-corrected chi connectivity index (χ4v) is 5.59. The van der Waals surface area contributed by atoms with Gasteiger partial charge in [0.15, 0.2) is 15.8 Å². The summed E-state index contributed by atoms with van der Waals surface area (Å²) in [6, 6.07) is 1.94. The first-order chi connectivity index (χ1) is 11.5. The number of hydrogen-bond acceptors (Lipinski definition) is 5. The second kappa shape index (κ2) is 8.67. The molecular formula is C15H23IN4O3S2. The largest absolute Gasteiger partial charge is 0.353 e. The minimum absolute atomic E-state index is 0. The van der Waals surface area contributed by atoms with E-state index in [4.69, 9.17) is 0 Å². The summed E-state index contributed by atoms with van der Waals surface area (Å²) < 4.78 is 23.0. The highest BCUT2D eigenvalue weighted by Gasteiger charge is 2.28. The lowest BCUT2D eigenvalue weighted by Crippen LogP contribution is -2.48. The number of hydrogen-bond donors (Lipinski definition) is 2. The van der Waals surface area contributed by atoms with Gasteiger partial charge in [0.25, 0.3) is 0 Å². The molecule has 3 heterocycles. The number of nitrogens with zero attached hydrogens (tertiary/aromatic N) is 2. The van der Waals surface area contributed by atoms with Crippen LogP contribution in [0.4, 0.5) is 0 Å². The van der Waals surface area contributed by atoms with Crippen molar-refractivity contribution in [2.75, 3.05) is 31.6 Å². The Balaban J connectivity index is 0.00000225. The van der Waals surface area contributed by atoms with Gasteiger partial charge in [0.1, 0.15) is 0 Å². The van der Waals surface area contributed by atoms with Crippen molar-refractivity contribution in [3.8, 4) is 0 Å². The van der Waals surface area contributed by atoms with E-state index in [2.05, 4.69) is 27.1 Å². The van der Waals surface area contributed by atoms with E-state index in [1.165, 1.54) is 10.4 Å². The first-order valence-corrected chi connectivity index (χ1v) is 10.7. The Hall–Kier alpha value is -0.880. The number of halogens is 1. The van der Waals surface area contributed by atoms with Gasteiger partial charge in [-0.05, 0) is 29.9 Å². The van der Waals surface area contributed by atoms with Crippen molar-refractivity contribution in [2.24, 2.45) is 4.99 Å². The second-order valence-electron chi connectivity index (χ2n) is 6.10. The lowest BCUT2D eigenvalue weighted by atomic mass is 10.1. The highest BCUT2D eigenvalue weighted by Crippen LogP contribution is 2.23. The topological polar surface area (TPSA) is 90.9 Å². The summed E-state index contributed by atoms with van der Waals surface area (Å²) in [6.45, 7) is 1.55. The first-order valence-electron chi connectivity index (χ1n) is 7.97. The zero-order chi connectivity index (χ0) is 17.2. The average molecular weight is 498 g/mol. The molecule has 0 saturated carbocycles. The summed E-state index contributed by atoms with van der Waals surface area (Å²) in [4.78, 5) is 19.7. The van der Waals surface area contributed by atoms with Crippen molar-refractivity contribution in [1.82, 2.24) is 15.5 Å². The van der Waals surface area contributed by atoms with Crippen LogP contribution in [0.5, 0.6) is 0 Å². The van der Waals surface area contributed by atoms with Crippen LogP contribution in [0.15, 0.2) is 16.4 Å². The Bertz CT molecular complexity index is 748. The van der Waals surface area contributed by atoms with Crippen LogP contribution in [0.1, 0.15) is 16.9 Å². The molecule has 1 aromatic heterocycles. The number of carbonyl (C=O) groups is 1. The lowest BCUT2D eigenvalue weighted by molar-refractivity contribution is -0.130. The van der Waals surface area contributed by atoms with Crippen LogP contribution in [0, 0.1) is 0 Å². The molecule has 0 spiro atoms. The Morgan fingerprint density at radius 1 is 1.48 bits per heavy atom. The van der Waals surface area contributed by atoms with Crippen LogP contribution in [0.3, 0.4) is 0 Å². The number of sulfone groups is 1. The molecular weight excluding hydrogens is 475 g/mol. The third-order valence-electron chi connectivity index (χ3n) is 4.36. The molecule has 2 aliphatic heterocycles. The Labute approximate surface area is 169 Å². The number of thiophene rings is 1. The minimum atomic E-state index is -2.94. The molecule has 1 unspecified atom stereocenters. The quantitative estimate of drug-likeness (QED) is 0.362. The molecule has 25 heavy (non-hydrogen) atoms.